The van der Waals surface area contributed by atoms with Gasteiger partial charge in [0.1, 0.15) is 11.6 Å². The number of aromatic nitrogens is 2. The predicted octanol–water partition coefficient (Wildman–Crippen LogP) is 5.21. The zero-order chi connectivity index (χ0) is 21.3. The first kappa shape index (κ1) is 20.8. The zero-order valence-electron chi connectivity index (χ0n) is 15.3. The summed E-state index contributed by atoms with van der Waals surface area (Å²) in [7, 11) is 0. The number of nitrogens with zero attached hydrogens (tertiary/aromatic N) is 2. The molecule has 0 spiro atoms. The van der Waals surface area contributed by atoms with E-state index in [-0.39, 0.29) is 17.1 Å². The average Bonchev–Trinajstić information content (AvgIpc) is 3.16. The van der Waals surface area contributed by atoms with Crippen molar-refractivity contribution in [3.05, 3.63) is 76.0 Å². The Hall–Kier alpha value is -2.46. The van der Waals surface area contributed by atoms with Gasteiger partial charge in [-0.2, -0.15) is 0 Å². The lowest BCUT2D eigenvalue weighted by atomic mass is 10.2. The maximum absolute atomic E-state index is 13.1. The van der Waals surface area contributed by atoms with Gasteiger partial charge >= 0.3 is 6.36 Å². The van der Waals surface area contributed by atoms with Gasteiger partial charge in [0.15, 0.2) is 5.16 Å². The molecule has 0 aliphatic carbocycles. The molecular weight excluding hydrogens is 440 g/mol. The molecule has 0 radical (unpaired) electrons. The van der Waals surface area contributed by atoms with E-state index in [0.29, 0.717) is 27.9 Å². The highest BCUT2D eigenvalue weighted by atomic mass is 32.2. The Morgan fingerprint density at radius 2 is 1.80 bits per heavy atom. The van der Waals surface area contributed by atoms with Crippen LogP contribution in [0.2, 0.25) is 0 Å². The normalized spacial score (nSPS) is 13.3. The first-order chi connectivity index (χ1) is 14.3. The van der Waals surface area contributed by atoms with Gasteiger partial charge < -0.3 is 4.74 Å². The average molecular weight is 454 g/mol. The van der Waals surface area contributed by atoms with Gasteiger partial charge in [0.05, 0.1) is 16.3 Å². The van der Waals surface area contributed by atoms with E-state index in [1.54, 1.807) is 12.1 Å². The van der Waals surface area contributed by atoms with Crippen LogP contribution in [-0.2, 0) is 12.2 Å². The van der Waals surface area contributed by atoms with Crippen LogP contribution in [0.3, 0.4) is 0 Å². The lowest BCUT2D eigenvalue weighted by molar-refractivity contribution is -0.274. The quantitative estimate of drug-likeness (QED) is 0.301. The SMILES string of the molecule is O=c1c2c(nc(SCc3ccc(F)cc3)n1-c1ccc(OC(F)(F)F)cc1)CCS2. The number of benzene rings is 2. The molecule has 4 rings (SSSR count). The molecule has 1 aliphatic heterocycles. The fourth-order valence-corrected chi connectivity index (χ4v) is 4.95. The van der Waals surface area contributed by atoms with Crippen LogP contribution < -0.4 is 10.3 Å². The number of halogens is 4. The third-order valence-corrected chi connectivity index (χ3v) is 6.39. The van der Waals surface area contributed by atoms with Crippen LogP contribution in [0, 0.1) is 5.82 Å². The largest absolute Gasteiger partial charge is 0.573 e. The van der Waals surface area contributed by atoms with Crippen molar-refractivity contribution < 1.29 is 22.3 Å². The molecular formula is C20H14F4N2O2S2. The number of alkyl halides is 3. The third kappa shape index (κ3) is 4.65. The second-order valence-electron chi connectivity index (χ2n) is 6.37. The minimum Gasteiger partial charge on any atom is -0.406 e. The highest BCUT2D eigenvalue weighted by molar-refractivity contribution is 7.99. The van der Waals surface area contributed by atoms with Crippen molar-refractivity contribution in [2.45, 2.75) is 28.6 Å². The van der Waals surface area contributed by atoms with Crippen molar-refractivity contribution in [2.75, 3.05) is 5.75 Å². The number of aryl methyl sites for hydroxylation is 1. The van der Waals surface area contributed by atoms with Gasteiger partial charge in [0, 0.05) is 17.9 Å². The summed E-state index contributed by atoms with van der Waals surface area (Å²) in [6.07, 6.45) is -4.11. The van der Waals surface area contributed by atoms with Gasteiger partial charge in [-0.25, -0.2) is 9.37 Å². The molecule has 0 saturated heterocycles. The Labute approximate surface area is 177 Å². The molecule has 0 saturated carbocycles. The van der Waals surface area contributed by atoms with E-state index in [9.17, 15) is 22.4 Å². The van der Waals surface area contributed by atoms with E-state index < -0.39 is 6.36 Å². The monoisotopic (exact) mass is 454 g/mol. The van der Waals surface area contributed by atoms with Crippen LogP contribution in [0.15, 0.2) is 63.4 Å². The van der Waals surface area contributed by atoms with Crippen molar-refractivity contribution >= 4 is 23.5 Å². The van der Waals surface area contributed by atoms with Crippen LogP contribution in [0.1, 0.15) is 11.3 Å². The summed E-state index contributed by atoms with van der Waals surface area (Å²) in [4.78, 5) is 18.3. The zero-order valence-corrected chi connectivity index (χ0v) is 16.9. The lowest BCUT2D eigenvalue weighted by Gasteiger charge is -2.15. The van der Waals surface area contributed by atoms with Gasteiger partial charge in [-0.3, -0.25) is 9.36 Å². The van der Waals surface area contributed by atoms with Crippen LogP contribution >= 0.6 is 23.5 Å². The molecule has 0 amide bonds. The molecule has 0 atom stereocenters. The van der Waals surface area contributed by atoms with Crippen LogP contribution in [0.25, 0.3) is 5.69 Å². The minimum absolute atomic E-state index is 0.256. The van der Waals surface area contributed by atoms with Gasteiger partial charge in [-0.1, -0.05) is 23.9 Å². The molecule has 0 N–H and O–H groups in total. The summed E-state index contributed by atoms with van der Waals surface area (Å²) in [6.45, 7) is 0. The molecule has 0 unspecified atom stereocenters. The molecule has 2 aromatic carbocycles. The van der Waals surface area contributed by atoms with E-state index in [4.69, 9.17) is 0 Å². The standard InChI is InChI=1S/C20H14F4N2O2S2/c21-13-3-1-12(2-4-13)11-30-19-25-16-9-10-29-17(16)18(27)26(19)14-5-7-15(8-6-14)28-20(22,23)24/h1-8H,9-11H2. The summed E-state index contributed by atoms with van der Waals surface area (Å²) in [6, 6.07) is 11.1. The molecule has 4 nitrogen and oxygen atoms in total. The van der Waals surface area contributed by atoms with Crippen molar-refractivity contribution in [1.29, 1.82) is 0 Å². The topological polar surface area (TPSA) is 44.1 Å². The summed E-state index contributed by atoms with van der Waals surface area (Å²) in [5.41, 5.74) is 1.71. The third-order valence-electron chi connectivity index (χ3n) is 4.28. The number of fused-ring (bicyclic) bond motifs is 1. The van der Waals surface area contributed by atoms with E-state index in [0.717, 1.165) is 29.1 Å². The fraction of sp³-hybridized carbons (Fsp3) is 0.200. The number of thioether (sulfide) groups is 2. The molecule has 2 heterocycles. The highest BCUT2D eigenvalue weighted by Crippen LogP contribution is 2.31. The number of rotatable bonds is 5. The molecule has 30 heavy (non-hydrogen) atoms. The van der Waals surface area contributed by atoms with Crippen molar-refractivity contribution in [3.63, 3.8) is 0 Å². The Morgan fingerprint density at radius 3 is 2.47 bits per heavy atom. The first-order valence-electron chi connectivity index (χ1n) is 8.82. The van der Waals surface area contributed by atoms with Crippen molar-refractivity contribution in [1.82, 2.24) is 9.55 Å². The Kier molecular flexibility index (Phi) is 5.79. The number of ether oxygens (including phenoxy) is 1. The Balaban J connectivity index is 1.69. The minimum atomic E-state index is -4.79. The van der Waals surface area contributed by atoms with Gasteiger partial charge in [0.2, 0.25) is 0 Å². The number of hydrogen-bond acceptors (Lipinski definition) is 5. The molecule has 1 aliphatic rings. The van der Waals surface area contributed by atoms with Gasteiger partial charge in [0.25, 0.3) is 5.56 Å². The summed E-state index contributed by atoms with van der Waals surface area (Å²) >= 11 is 2.72. The maximum atomic E-state index is 13.1. The Bertz CT molecular complexity index is 1110. The van der Waals surface area contributed by atoms with Crippen LogP contribution in [0.4, 0.5) is 17.6 Å². The number of hydrogen-bond donors (Lipinski definition) is 0. The van der Waals surface area contributed by atoms with E-state index in [2.05, 4.69) is 9.72 Å². The van der Waals surface area contributed by atoms with Gasteiger partial charge in [-0.05, 0) is 42.0 Å². The Morgan fingerprint density at radius 1 is 1.10 bits per heavy atom. The molecule has 10 heteroatoms. The molecule has 0 fully saturated rings. The van der Waals surface area contributed by atoms with E-state index in [1.165, 1.54) is 52.4 Å². The summed E-state index contributed by atoms with van der Waals surface area (Å²) in [5.74, 6) is 0.494. The fourth-order valence-electron chi connectivity index (χ4n) is 2.94. The molecule has 3 aromatic rings. The lowest BCUT2D eigenvalue weighted by Crippen LogP contribution is -2.24. The van der Waals surface area contributed by atoms with Crippen molar-refractivity contribution in [2.24, 2.45) is 0 Å². The van der Waals surface area contributed by atoms with Gasteiger partial charge in [-0.15, -0.1) is 24.9 Å². The maximum Gasteiger partial charge on any atom is 0.573 e. The predicted molar refractivity (Wildman–Crippen MR) is 107 cm³/mol. The molecule has 1 aromatic heterocycles. The molecule has 156 valence electrons. The summed E-state index contributed by atoms with van der Waals surface area (Å²) in [5, 5.41) is 0.426. The van der Waals surface area contributed by atoms with Crippen LogP contribution in [-0.4, -0.2) is 21.7 Å². The van der Waals surface area contributed by atoms with E-state index >= 15 is 0 Å². The summed E-state index contributed by atoms with van der Waals surface area (Å²) < 4.78 is 55.7. The second-order valence-corrected chi connectivity index (χ2v) is 8.41. The highest BCUT2D eigenvalue weighted by Gasteiger charge is 2.31. The smallest absolute Gasteiger partial charge is 0.406 e. The molecule has 0 bridgehead atoms. The van der Waals surface area contributed by atoms with Crippen molar-refractivity contribution in [3.8, 4) is 11.4 Å². The first-order valence-corrected chi connectivity index (χ1v) is 10.8. The second kappa shape index (κ2) is 8.35. The van der Waals surface area contributed by atoms with E-state index in [1.807, 2.05) is 0 Å². The van der Waals surface area contributed by atoms with Crippen LogP contribution in [0.5, 0.6) is 5.75 Å².